The summed E-state index contributed by atoms with van der Waals surface area (Å²) in [6.07, 6.45) is 0.110. The van der Waals surface area contributed by atoms with E-state index in [1.54, 1.807) is 35.8 Å². The van der Waals surface area contributed by atoms with Crippen LogP contribution in [0.4, 0.5) is 0 Å². The molecule has 0 aliphatic carbocycles. The molecule has 1 atom stereocenters. The Morgan fingerprint density at radius 2 is 2.03 bits per heavy atom. The first-order valence-electron chi connectivity index (χ1n) is 8.98. The molecule has 2 aliphatic heterocycles. The Kier molecular flexibility index (Phi) is 4.14. The number of ether oxygens (including phenoxy) is 1. The topological polar surface area (TPSA) is 125 Å². The lowest BCUT2D eigenvalue weighted by molar-refractivity contribution is -0.172. The highest BCUT2D eigenvalue weighted by Gasteiger charge is 2.45. The number of nitriles is 1. The van der Waals surface area contributed by atoms with Crippen LogP contribution in [0.2, 0.25) is 0 Å². The predicted molar refractivity (Wildman–Crippen MR) is 103 cm³/mol. The van der Waals surface area contributed by atoms with Crippen LogP contribution in [0.1, 0.15) is 30.0 Å². The van der Waals surface area contributed by atoms with E-state index in [1.165, 1.54) is 0 Å². The molecule has 5 rings (SSSR count). The Morgan fingerprint density at radius 1 is 1.28 bits per heavy atom. The summed E-state index contributed by atoms with van der Waals surface area (Å²) in [5.74, 6) is -0.585. The average molecular weight is 391 g/mol. The van der Waals surface area contributed by atoms with Crippen molar-refractivity contribution in [2.75, 3.05) is 0 Å². The Hall–Kier alpha value is -3.70. The molecule has 8 heteroatoms. The molecule has 0 fully saturated rings. The average Bonchev–Trinajstić information content (AvgIpc) is 3.09. The van der Waals surface area contributed by atoms with Crippen LogP contribution in [0.25, 0.3) is 22.3 Å². The Bertz CT molecular complexity index is 1260. The third-order valence-corrected chi connectivity index (χ3v) is 5.49. The Labute approximate surface area is 165 Å². The van der Waals surface area contributed by atoms with Gasteiger partial charge in [0.1, 0.15) is 12.4 Å². The molecule has 8 nitrogen and oxygen atoms in total. The third-order valence-electron chi connectivity index (χ3n) is 5.49. The zero-order valence-electron chi connectivity index (χ0n) is 15.5. The molecule has 2 aliphatic rings. The summed E-state index contributed by atoms with van der Waals surface area (Å²) < 4.78 is 6.65. The number of hydrogen-bond donors (Lipinski definition) is 2. The molecule has 0 saturated heterocycles. The van der Waals surface area contributed by atoms with Gasteiger partial charge in [-0.25, -0.2) is 15.0 Å². The molecule has 0 unspecified atom stereocenters. The lowest BCUT2D eigenvalue weighted by Crippen LogP contribution is -2.44. The van der Waals surface area contributed by atoms with Gasteiger partial charge in [-0.3, -0.25) is 4.79 Å². The lowest BCUT2D eigenvalue weighted by Gasteiger charge is -2.31. The van der Waals surface area contributed by atoms with Crippen molar-refractivity contribution in [1.29, 1.82) is 5.26 Å². The van der Waals surface area contributed by atoms with E-state index in [4.69, 9.17) is 10.00 Å². The summed E-state index contributed by atoms with van der Waals surface area (Å²) in [5, 5.41) is 27.8. The molecule has 146 valence electrons. The van der Waals surface area contributed by atoms with Crippen molar-refractivity contribution in [3.05, 3.63) is 57.4 Å². The normalized spacial score (nSPS) is 18.8. The maximum absolute atomic E-state index is 13.0. The van der Waals surface area contributed by atoms with Crippen molar-refractivity contribution in [3.8, 4) is 23.7 Å². The molecule has 0 spiro atoms. The van der Waals surface area contributed by atoms with E-state index in [2.05, 4.69) is 11.6 Å². The summed E-state index contributed by atoms with van der Waals surface area (Å²) in [6.45, 7) is 5.37. The summed E-state index contributed by atoms with van der Waals surface area (Å²) in [5.41, 5.74) is 1.25. The smallest absolute Gasteiger partial charge is 0.343 e. The van der Waals surface area contributed by atoms with Crippen LogP contribution in [0, 0.1) is 11.8 Å². The number of hydrogen-bond acceptors (Lipinski definition) is 7. The van der Waals surface area contributed by atoms with Crippen molar-refractivity contribution in [3.63, 3.8) is 0 Å². The summed E-state index contributed by atoms with van der Waals surface area (Å²) in [7, 11) is 0. The summed E-state index contributed by atoms with van der Waals surface area (Å²) in [6, 6.07) is 8.48. The quantitative estimate of drug-likeness (QED) is 0.475. The molecule has 3 aromatic rings. The molecule has 2 N–H and O–H groups in total. The minimum atomic E-state index is -1.83. The maximum Gasteiger partial charge on any atom is 0.343 e. The third kappa shape index (κ3) is 2.52. The van der Waals surface area contributed by atoms with Gasteiger partial charge in [0, 0.05) is 23.1 Å². The number of aromatic nitrogens is 2. The molecule has 1 aromatic carbocycles. The Morgan fingerprint density at radius 3 is 2.76 bits per heavy atom. The van der Waals surface area contributed by atoms with Gasteiger partial charge in [0.2, 0.25) is 0 Å². The van der Waals surface area contributed by atoms with Crippen LogP contribution >= 0.6 is 0 Å². The minimum Gasteiger partial charge on any atom is -0.508 e. The number of aromatic hydroxyl groups is 1. The summed E-state index contributed by atoms with van der Waals surface area (Å²) in [4.78, 5) is 29.8. The van der Waals surface area contributed by atoms with Crippen LogP contribution in [0.3, 0.4) is 0 Å². The highest BCUT2D eigenvalue weighted by atomic mass is 16.6. The lowest BCUT2D eigenvalue weighted by atomic mass is 9.86. The maximum atomic E-state index is 13.0. The first-order valence-corrected chi connectivity index (χ1v) is 8.98. The van der Waals surface area contributed by atoms with Crippen LogP contribution in [-0.2, 0) is 28.3 Å². The number of fused-ring (bicyclic) bond motifs is 5. The number of pyridine rings is 2. The number of phenolic OH excluding ortho intramolecular Hbond substituents is 1. The largest absolute Gasteiger partial charge is 0.508 e. The predicted octanol–water partition coefficient (Wildman–Crippen LogP) is 1.92. The van der Waals surface area contributed by atoms with E-state index in [-0.39, 0.29) is 24.3 Å². The SMILES string of the molecule is C#N.CC[C@@]1(O)C(=O)OCc2c1cc1n(c2=O)Cc2cc3cc(O)ccc3nc2-1. The number of phenols is 1. The number of benzene rings is 1. The van der Waals surface area contributed by atoms with Gasteiger partial charge in [-0.2, -0.15) is 0 Å². The standard InChI is InChI=1S/C20H16N2O5.CHN/c1-2-20(26)14-7-16-17-11(5-10-6-12(23)3-4-15(10)21-17)8-22(16)18(24)13(14)9-27-19(20)25;1-2/h3-7,23,26H,2,8-9H2,1H3;1H/t20-;/m0./s1. The van der Waals surface area contributed by atoms with E-state index < -0.39 is 11.6 Å². The second-order valence-electron chi connectivity index (χ2n) is 6.98. The van der Waals surface area contributed by atoms with Crippen molar-refractivity contribution < 1.29 is 19.7 Å². The number of esters is 1. The van der Waals surface area contributed by atoms with E-state index in [0.29, 0.717) is 34.6 Å². The fourth-order valence-corrected chi connectivity index (χ4v) is 3.97. The number of rotatable bonds is 1. The zero-order valence-corrected chi connectivity index (χ0v) is 15.5. The first-order chi connectivity index (χ1) is 13.9. The zero-order chi connectivity index (χ0) is 20.9. The van der Waals surface area contributed by atoms with Crippen molar-refractivity contribution in [2.24, 2.45) is 0 Å². The molecule has 0 amide bonds. The number of nitrogens with zero attached hydrogens (tertiary/aromatic N) is 3. The van der Waals surface area contributed by atoms with Gasteiger partial charge >= 0.3 is 5.97 Å². The number of aliphatic hydroxyl groups is 1. The molecule has 0 bridgehead atoms. The monoisotopic (exact) mass is 391 g/mol. The van der Waals surface area contributed by atoms with Crippen LogP contribution < -0.4 is 5.56 Å². The van der Waals surface area contributed by atoms with Gasteiger partial charge in [0.05, 0.1) is 29.0 Å². The summed E-state index contributed by atoms with van der Waals surface area (Å²) >= 11 is 0. The number of carbonyl (C=O) groups excluding carboxylic acids is 1. The van der Waals surface area contributed by atoms with Crippen LogP contribution in [0.15, 0.2) is 35.1 Å². The second-order valence-corrected chi connectivity index (χ2v) is 6.98. The van der Waals surface area contributed by atoms with E-state index >= 15 is 0 Å². The first kappa shape index (κ1) is 18.7. The van der Waals surface area contributed by atoms with Gasteiger partial charge in [-0.1, -0.05) is 6.92 Å². The van der Waals surface area contributed by atoms with Crippen molar-refractivity contribution >= 4 is 16.9 Å². The van der Waals surface area contributed by atoms with Gasteiger partial charge in [0.25, 0.3) is 5.56 Å². The van der Waals surface area contributed by atoms with E-state index in [1.807, 2.05) is 6.07 Å². The molecular weight excluding hydrogens is 374 g/mol. The van der Waals surface area contributed by atoms with E-state index in [9.17, 15) is 19.8 Å². The highest BCUT2D eigenvalue weighted by molar-refractivity contribution is 5.86. The second kappa shape index (κ2) is 6.43. The fraction of sp³-hybridized carbons (Fsp3) is 0.238. The number of cyclic esters (lactones) is 1. The van der Waals surface area contributed by atoms with Gasteiger partial charge in [-0.15, -0.1) is 0 Å². The minimum absolute atomic E-state index is 0.110. The van der Waals surface area contributed by atoms with Crippen LogP contribution in [-0.4, -0.2) is 25.7 Å². The fourth-order valence-electron chi connectivity index (χ4n) is 3.97. The van der Waals surface area contributed by atoms with E-state index in [0.717, 1.165) is 10.9 Å². The Balaban J connectivity index is 0.000000994. The van der Waals surface area contributed by atoms with Gasteiger partial charge in [0.15, 0.2) is 5.60 Å². The van der Waals surface area contributed by atoms with Gasteiger partial charge < -0.3 is 19.5 Å². The van der Waals surface area contributed by atoms with Crippen molar-refractivity contribution in [2.45, 2.75) is 32.1 Å². The molecule has 4 heterocycles. The molecule has 0 radical (unpaired) electrons. The number of carbonyl (C=O) groups is 1. The van der Waals surface area contributed by atoms with Crippen molar-refractivity contribution in [1.82, 2.24) is 9.55 Å². The molecule has 2 aromatic heterocycles. The molecule has 0 saturated carbocycles. The molecular formula is C21H17N3O5. The van der Waals surface area contributed by atoms with Crippen LogP contribution in [0.5, 0.6) is 5.75 Å². The van der Waals surface area contributed by atoms with Gasteiger partial charge in [-0.05, 0) is 36.8 Å². The molecule has 29 heavy (non-hydrogen) atoms. The highest BCUT2D eigenvalue weighted by Crippen LogP contribution is 2.38.